The van der Waals surface area contributed by atoms with Crippen LogP contribution in [0.2, 0.25) is 0 Å². The van der Waals surface area contributed by atoms with Gasteiger partial charge in [0.2, 0.25) is 0 Å². The number of aryl methyl sites for hydroxylation is 4. The number of benzene rings is 1. The summed E-state index contributed by atoms with van der Waals surface area (Å²) in [7, 11) is 6.21. The molecule has 1 aromatic carbocycles. The fraction of sp³-hybridized carbons (Fsp3) is 0.318. The molecule has 27 heteroatoms. The van der Waals surface area contributed by atoms with Gasteiger partial charge in [-0.1, -0.05) is 25.1 Å². The highest BCUT2D eigenvalue weighted by molar-refractivity contribution is 5.84. The summed E-state index contributed by atoms with van der Waals surface area (Å²) in [6.07, 6.45) is 34.4. The molecule has 0 atom stereocenters. The van der Waals surface area contributed by atoms with Crippen LogP contribution in [0.15, 0.2) is 209 Å². The third kappa shape index (κ3) is 16.3. The predicted octanol–water partition coefficient (Wildman–Crippen LogP) is 10.9. The number of piperidine rings is 3. The first kappa shape index (κ1) is 75.3. The van der Waals surface area contributed by atoms with Crippen LogP contribution in [-0.2, 0) is 7.05 Å². The van der Waals surface area contributed by atoms with Crippen molar-refractivity contribution in [3.05, 3.63) is 271 Å². The Hall–Kier alpha value is -12.4. The SMILES string of the molecule is CCN1CCC(c2cn3c(=O)cc(-c4ccc5nc(C)cn5c4)nc3cn2)CC1.CN1CCC(c2ccc3nc(-c4ccc5nn(C)cc5c4)cc(=O)n3c2)CC1.Cc1cn2cc(-c3cc(=O)n4cc(C5=CCN(CCO)CC5)ccc4n3)ccc2n1.Cc1cn2cc(-c3cc(=O)n4cc(C5CCN(C)CC5)ncc4n3)ccc2n1. The molecule has 0 saturated carbocycles. The van der Waals surface area contributed by atoms with Crippen LogP contribution in [0.3, 0.4) is 0 Å². The number of imidazole rings is 3. The molecule has 0 spiro atoms. The number of nitrogens with zero attached hydrogens (tertiary/aromatic N) is 22. The Balaban J connectivity index is 0.000000111. The van der Waals surface area contributed by atoms with Crippen molar-refractivity contribution in [3.63, 3.8) is 0 Å². The molecule has 15 aromatic heterocycles. The summed E-state index contributed by atoms with van der Waals surface area (Å²) < 4.78 is 14.2. The lowest BCUT2D eigenvalue weighted by atomic mass is 9.91. The first-order valence-electron chi connectivity index (χ1n) is 39.6. The largest absolute Gasteiger partial charge is 0.395 e. The molecular weight excluding hydrogens is 1450 g/mol. The molecule has 0 radical (unpaired) electrons. The molecule has 1 N–H and O–H groups in total. The van der Waals surface area contributed by atoms with Crippen LogP contribution in [0, 0.1) is 20.8 Å². The van der Waals surface area contributed by atoms with Crippen molar-refractivity contribution in [3.8, 4) is 45.0 Å². The number of hydrogen-bond donors (Lipinski definition) is 1. The zero-order chi connectivity index (χ0) is 79.1. The van der Waals surface area contributed by atoms with E-state index in [-0.39, 0.29) is 28.8 Å². The first-order chi connectivity index (χ1) is 55.8. The van der Waals surface area contributed by atoms with E-state index in [1.807, 2.05) is 182 Å². The van der Waals surface area contributed by atoms with Gasteiger partial charge in [-0.05, 0) is 215 Å². The van der Waals surface area contributed by atoms with Crippen molar-refractivity contribution in [1.29, 1.82) is 0 Å². The van der Waals surface area contributed by atoms with Crippen LogP contribution in [0.25, 0.3) is 101 Å². The van der Waals surface area contributed by atoms with E-state index < -0.39 is 0 Å². The third-order valence-corrected chi connectivity index (χ3v) is 22.9. The van der Waals surface area contributed by atoms with Gasteiger partial charge in [-0.15, -0.1) is 0 Å². The summed E-state index contributed by atoms with van der Waals surface area (Å²) in [5.41, 5.74) is 20.2. The van der Waals surface area contributed by atoms with E-state index in [1.165, 1.54) is 11.1 Å². The van der Waals surface area contributed by atoms with Crippen molar-refractivity contribution in [1.82, 2.24) is 105 Å². The van der Waals surface area contributed by atoms with E-state index in [4.69, 9.17) is 15.1 Å². The number of aliphatic hydroxyl groups excluding tert-OH is 1. The van der Waals surface area contributed by atoms with Crippen LogP contribution in [-0.4, -0.2) is 196 Å². The van der Waals surface area contributed by atoms with Crippen LogP contribution >= 0.6 is 0 Å². The summed E-state index contributed by atoms with van der Waals surface area (Å²) in [5, 5.41) is 14.5. The Labute approximate surface area is 662 Å². The maximum atomic E-state index is 12.9. The van der Waals surface area contributed by atoms with Crippen LogP contribution in [0.5, 0.6) is 0 Å². The quantitative estimate of drug-likeness (QED) is 0.126. The average Bonchev–Trinajstić information content (AvgIpc) is 1.34. The summed E-state index contributed by atoms with van der Waals surface area (Å²) in [4.78, 5) is 102. The fourth-order valence-corrected chi connectivity index (χ4v) is 16.3. The molecule has 27 nitrogen and oxygen atoms in total. The first-order valence-corrected chi connectivity index (χ1v) is 39.6. The highest BCUT2D eigenvalue weighted by atomic mass is 16.3. The van der Waals surface area contributed by atoms with E-state index in [9.17, 15) is 19.2 Å². The van der Waals surface area contributed by atoms with E-state index in [2.05, 4.69) is 92.7 Å². The molecule has 3 saturated heterocycles. The van der Waals surface area contributed by atoms with Crippen LogP contribution in [0.1, 0.15) is 109 Å². The van der Waals surface area contributed by atoms with Gasteiger partial charge in [-0.2, -0.15) is 5.10 Å². The number of β-amino-alcohol motifs (C(OH)–C–C–N with tert-alkyl or cyclic N) is 1. The Bertz CT molecular complexity index is 6440. The number of aromatic nitrogens is 18. The zero-order valence-electron chi connectivity index (χ0n) is 65.8. The van der Waals surface area contributed by atoms with Crippen molar-refractivity contribution in [2.45, 2.75) is 90.4 Å². The fourth-order valence-electron chi connectivity index (χ4n) is 16.3. The number of aliphatic hydroxyl groups is 1. The van der Waals surface area contributed by atoms with Gasteiger partial charge < -0.3 is 33.0 Å². The van der Waals surface area contributed by atoms with Crippen molar-refractivity contribution < 1.29 is 5.11 Å². The van der Waals surface area contributed by atoms with E-state index in [0.717, 1.165) is 188 Å². The molecule has 16 aromatic rings. The van der Waals surface area contributed by atoms with E-state index in [0.29, 0.717) is 69.7 Å². The lowest BCUT2D eigenvalue weighted by Gasteiger charge is -2.30. The highest BCUT2D eigenvalue weighted by Gasteiger charge is 2.25. The second-order valence-electron chi connectivity index (χ2n) is 31.0. The van der Waals surface area contributed by atoms with Gasteiger partial charge in [0.1, 0.15) is 28.2 Å². The predicted molar refractivity (Wildman–Crippen MR) is 447 cm³/mol. The molecular formula is C88H92N22O5. The van der Waals surface area contributed by atoms with Crippen molar-refractivity contribution in [2.24, 2.45) is 7.05 Å². The van der Waals surface area contributed by atoms with Crippen LogP contribution in [0.4, 0.5) is 0 Å². The Morgan fingerprint density at radius 1 is 0.400 bits per heavy atom. The molecule has 4 aliphatic heterocycles. The molecule has 3 fully saturated rings. The summed E-state index contributed by atoms with van der Waals surface area (Å²) >= 11 is 0. The van der Waals surface area contributed by atoms with Gasteiger partial charge in [0.25, 0.3) is 22.2 Å². The van der Waals surface area contributed by atoms with Gasteiger partial charge >= 0.3 is 0 Å². The molecule has 0 unspecified atom stereocenters. The minimum atomic E-state index is -0.0999. The third-order valence-electron chi connectivity index (χ3n) is 22.9. The normalized spacial score (nSPS) is 15.9. The molecule has 584 valence electrons. The minimum absolute atomic E-state index is 0.0407. The molecule has 115 heavy (non-hydrogen) atoms. The summed E-state index contributed by atoms with van der Waals surface area (Å²) in [5.74, 6) is 1.32. The number of rotatable bonds is 11. The molecule has 0 bridgehead atoms. The number of pyridine rings is 5. The molecule has 4 aliphatic rings. The molecule has 0 aliphatic carbocycles. The lowest BCUT2D eigenvalue weighted by molar-refractivity contribution is 0.208. The molecule has 19 heterocycles. The Kier molecular flexibility index (Phi) is 21.1. The van der Waals surface area contributed by atoms with Crippen molar-refractivity contribution >= 4 is 56.0 Å². The Morgan fingerprint density at radius 3 is 1.30 bits per heavy atom. The summed E-state index contributed by atoms with van der Waals surface area (Å²) in [6, 6.07) is 32.1. The lowest BCUT2D eigenvalue weighted by Crippen LogP contribution is -2.33. The maximum Gasteiger partial charge on any atom is 0.258 e. The smallest absolute Gasteiger partial charge is 0.258 e. The monoisotopic (exact) mass is 1540 g/mol. The number of likely N-dealkylation sites (tertiary alicyclic amines) is 3. The standard InChI is InChI=1S/C23H23N5O2.C22H24N6O.C22H23N5O.C21H22N6O/c1-16-13-27-14-19(3-4-21(27)24-16)20-12-23(30)28-15-18(2-5-22(28)25-20)17-6-8-26(9-7-17)10-11-29;1-3-26-8-6-16(7-9-26)19-14-28-21(11-23-19)25-18(10-22(28)29)17-4-5-20-24-15(2)12-27(20)13-17;1-25-9-7-15(8-10-25)17-4-6-21-23-20(12-22(28)27(21)14-17)16-3-5-19-18(11-16)13-26(2)24-19;1-14-11-26-12-16(3-4-19(26)23-14)17-9-21(28)27-13-18(22-10-20(27)24-17)15-5-7-25(2)8-6-15/h2-6,12-15,29H,7-11H2,1H3;4-5,10-14,16H,3,6-9H2,1-2H3;3-6,11-15H,7-10H2,1-2H3;3-4,9-13,15H,5-8H2,1-2H3. The molecule has 0 amide bonds. The highest BCUT2D eigenvalue weighted by Crippen LogP contribution is 2.32. The van der Waals surface area contributed by atoms with E-state index in [1.54, 1.807) is 58.9 Å². The topological polar surface area (TPSA) is 266 Å². The van der Waals surface area contributed by atoms with Gasteiger partial charge in [-0.3, -0.25) is 56.3 Å². The second kappa shape index (κ2) is 32.2. The summed E-state index contributed by atoms with van der Waals surface area (Å²) in [6.45, 7) is 18.3. The van der Waals surface area contributed by atoms with Gasteiger partial charge in [0.15, 0.2) is 11.3 Å². The number of hydrogen-bond acceptors (Lipinski definition) is 19. The average molecular weight is 1540 g/mol. The van der Waals surface area contributed by atoms with Crippen molar-refractivity contribution in [2.75, 3.05) is 86.1 Å². The van der Waals surface area contributed by atoms with Gasteiger partial charge in [0.05, 0.1) is 75.8 Å². The zero-order valence-corrected chi connectivity index (χ0v) is 65.8. The second-order valence-corrected chi connectivity index (χ2v) is 31.0. The van der Waals surface area contributed by atoms with Crippen LogP contribution < -0.4 is 22.2 Å². The van der Waals surface area contributed by atoms with E-state index >= 15 is 0 Å². The maximum absolute atomic E-state index is 12.9. The Morgan fingerprint density at radius 2 is 0.826 bits per heavy atom. The number of fused-ring (bicyclic) bond motifs is 8. The minimum Gasteiger partial charge on any atom is -0.395 e. The van der Waals surface area contributed by atoms with Gasteiger partial charge in [0, 0.05) is 159 Å². The molecule has 20 rings (SSSR count). The van der Waals surface area contributed by atoms with Gasteiger partial charge in [-0.25, -0.2) is 34.9 Å².